The van der Waals surface area contributed by atoms with E-state index in [0.29, 0.717) is 31.1 Å². The Morgan fingerprint density at radius 3 is 2.33 bits per heavy atom. The molecule has 4 fully saturated rings. The maximum absolute atomic E-state index is 13.9. The molecular weight excluding hydrogens is 592 g/mol. The minimum atomic E-state index is -1.63. The van der Waals surface area contributed by atoms with Crippen molar-refractivity contribution in [3.8, 4) is 0 Å². The minimum absolute atomic E-state index is 0.0187. The molecule has 3 saturated carbocycles. The number of rotatable bonds is 9. The van der Waals surface area contributed by atoms with Gasteiger partial charge < -0.3 is 34.6 Å². The first-order valence-corrected chi connectivity index (χ1v) is 17.5. The van der Waals surface area contributed by atoms with Gasteiger partial charge in [0.2, 0.25) is 5.78 Å². The van der Waals surface area contributed by atoms with Crippen LogP contribution in [0.1, 0.15) is 99.3 Å². The summed E-state index contributed by atoms with van der Waals surface area (Å²) in [5, 5.41) is 42.6. The number of aliphatic hydroxyl groups is 4. The van der Waals surface area contributed by atoms with E-state index in [2.05, 4.69) is 27.7 Å². The van der Waals surface area contributed by atoms with E-state index in [1.807, 2.05) is 13.8 Å². The Hall–Kier alpha value is -1.85. The molecule has 1 aliphatic heterocycles. The molecule has 5 aliphatic rings. The Kier molecular flexibility index (Phi) is 10.2. The summed E-state index contributed by atoms with van der Waals surface area (Å²) < 4.78 is 16.5. The average Bonchev–Trinajstić information content (AvgIpc) is 3.21. The van der Waals surface area contributed by atoms with E-state index in [1.165, 1.54) is 0 Å². The number of allylic oxidation sites excluding steroid dienone is 2. The highest BCUT2D eigenvalue weighted by Crippen LogP contribution is 2.67. The zero-order valence-electron chi connectivity index (χ0n) is 28.6. The van der Waals surface area contributed by atoms with Gasteiger partial charge in [-0.05, 0) is 91.9 Å². The van der Waals surface area contributed by atoms with Crippen LogP contribution < -0.4 is 0 Å². The molecule has 0 aromatic heterocycles. The first kappa shape index (κ1) is 35.5. The lowest BCUT2D eigenvalue weighted by atomic mass is 9.44. The molecule has 10 heteroatoms. The molecule has 0 bridgehead atoms. The largest absolute Gasteiger partial charge is 0.504 e. The Morgan fingerprint density at radius 1 is 1.00 bits per heavy atom. The van der Waals surface area contributed by atoms with Gasteiger partial charge in [-0.15, -0.1) is 0 Å². The Labute approximate surface area is 273 Å². The van der Waals surface area contributed by atoms with Crippen LogP contribution in [0.25, 0.3) is 0 Å². The topological polar surface area (TPSA) is 160 Å². The lowest BCUT2D eigenvalue weighted by Gasteiger charge is -2.60. The van der Waals surface area contributed by atoms with Crippen molar-refractivity contribution in [1.82, 2.24) is 0 Å². The van der Waals surface area contributed by atoms with Crippen LogP contribution >= 0.6 is 0 Å². The summed E-state index contributed by atoms with van der Waals surface area (Å²) in [6.45, 7) is 12.7. The van der Waals surface area contributed by atoms with Crippen molar-refractivity contribution in [2.75, 3.05) is 7.11 Å². The number of hydrogen-bond acceptors (Lipinski definition) is 10. The predicted octanol–water partition coefficient (Wildman–Crippen LogP) is 4.27. The van der Waals surface area contributed by atoms with Crippen LogP contribution in [0, 0.1) is 52.3 Å². The first-order chi connectivity index (χ1) is 21.6. The zero-order valence-corrected chi connectivity index (χ0v) is 28.6. The molecule has 0 aromatic carbocycles. The van der Waals surface area contributed by atoms with Gasteiger partial charge in [0.1, 0.15) is 24.1 Å². The number of hydrogen-bond donors (Lipinski definition) is 4. The molecule has 46 heavy (non-hydrogen) atoms. The SMILES string of the molecule is CCC(C(=O)CC(C)C1=C(O)C(=O)C2C3CCC4CC(OC5OC(C(=O)OC)C(O)C(O)C5O)CCC4(C)C3CCC12C)C(C)C. The fourth-order valence-electron chi connectivity index (χ4n) is 10.8. The van der Waals surface area contributed by atoms with Gasteiger partial charge in [0.25, 0.3) is 0 Å². The fraction of sp³-hybridized carbons (Fsp3) is 0.861. The van der Waals surface area contributed by atoms with Crippen molar-refractivity contribution in [2.45, 2.75) is 136 Å². The van der Waals surface area contributed by atoms with Crippen molar-refractivity contribution in [1.29, 1.82) is 0 Å². The van der Waals surface area contributed by atoms with E-state index in [-0.39, 0.29) is 58.4 Å². The molecule has 260 valence electrons. The molecule has 14 unspecified atom stereocenters. The van der Waals surface area contributed by atoms with Crippen LogP contribution in [0.2, 0.25) is 0 Å². The van der Waals surface area contributed by atoms with Crippen LogP contribution in [0.15, 0.2) is 11.3 Å². The lowest BCUT2D eigenvalue weighted by Crippen LogP contribution is -2.61. The van der Waals surface area contributed by atoms with Crippen LogP contribution in [0.5, 0.6) is 0 Å². The Morgan fingerprint density at radius 2 is 1.70 bits per heavy atom. The predicted molar refractivity (Wildman–Crippen MR) is 168 cm³/mol. The van der Waals surface area contributed by atoms with E-state index in [9.17, 15) is 34.8 Å². The second kappa shape index (κ2) is 13.2. The maximum atomic E-state index is 13.9. The van der Waals surface area contributed by atoms with Crippen LogP contribution in [-0.4, -0.2) is 81.9 Å². The summed E-state index contributed by atoms with van der Waals surface area (Å²) >= 11 is 0. The van der Waals surface area contributed by atoms with Gasteiger partial charge in [-0.3, -0.25) is 9.59 Å². The van der Waals surface area contributed by atoms with Crippen LogP contribution in [-0.2, 0) is 28.6 Å². The third kappa shape index (κ3) is 5.78. The third-order valence-electron chi connectivity index (χ3n) is 13.2. The third-order valence-corrected chi connectivity index (χ3v) is 13.2. The van der Waals surface area contributed by atoms with Gasteiger partial charge >= 0.3 is 5.97 Å². The molecule has 0 amide bonds. The smallest absolute Gasteiger partial charge is 0.337 e. The first-order valence-electron chi connectivity index (χ1n) is 17.5. The minimum Gasteiger partial charge on any atom is -0.504 e. The molecule has 4 N–H and O–H groups in total. The van der Waals surface area contributed by atoms with Crippen molar-refractivity contribution in [2.24, 2.45) is 52.3 Å². The number of Topliss-reactive ketones (excluding diaryl/α,β-unsaturated/α-hetero) is 2. The number of carbonyl (C=O) groups is 3. The van der Waals surface area contributed by atoms with E-state index in [0.717, 1.165) is 51.2 Å². The summed E-state index contributed by atoms with van der Waals surface area (Å²) in [5.74, 6) is -0.364. The average molecular weight is 649 g/mol. The lowest BCUT2D eigenvalue weighted by molar-refractivity contribution is -0.310. The van der Waals surface area contributed by atoms with Gasteiger partial charge in [-0.1, -0.05) is 41.5 Å². The highest BCUT2D eigenvalue weighted by atomic mass is 16.7. The van der Waals surface area contributed by atoms with E-state index >= 15 is 0 Å². The number of aliphatic hydroxyl groups excluding tert-OH is 4. The van der Waals surface area contributed by atoms with Crippen LogP contribution in [0.4, 0.5) is 0 Å². The molecule has 5 rings (SSSR count). The molecule has 4 aliphatic carbocycles. The number of esters is 1. The van der Waals surface area contributed by atoms with E-state index in [1.54, 1.807) is 0 Å². The van der Waals surface area contributed by atoms with Crippen molar-refractivity contribution in [3.05, 3.63) is 11.3 Å². The Balaban J connectivity index is 1.28. The summed E-state index contributed by atoms with van der Waals surface area (Å²) in [5.41, 5.74) is 0.300. The second-order valence-corrected chi connectivity index (χ2v) is 15.9. The summed E-state index contributed by atoms with van der Waals surface area (Å²) in [6, 6.07) is 0. The summed E-state index contributed by atoms with van der Waals surface area (Å²) in [6.07, 6.45) is -0.911. The quantitative estimate of drug-likeness (QED) is 0.210. The number of ketones is 2. The molecule has 0 spiro atoms. The number of methoxy groups -OCH3 is 1. The fourth-order valence-corrected chi connectivity index (χ4v) is 10.8. The molecule has 10 nitrogen and oxygen atoms in total. The van der Waals surface area contributed by atoms with E-state index < -0.39 is 42.1 Å². The number of ether oxygens (including phenoxy) is 3. The molecule has 14 atom stereocenters. The standard InChI is InChI=1S/C36H56O10/c1-8-21(17(2)3)24(37)15-18(4)25-27(38)28(39)26-22-10-9-19-16-20(11-13-35(19,5)23(22)12-14-36(25,26)6)45-34-31(42)29(40)30(41)32(46-34)33(43)44-7/h17-23,26,29-32,34,38,40-42H,8-16H2,1-7H3. The van der Waals surface area contributed by atoms with Gasteiger partial charge in [0.05, 0.1) is 13.2 Å². The maximum Gasteiger partial charge on any atom is 0.337 e. The monoisotopic (exact) mass is 648 g/mol. The number of carbonyl (C=O) groups excluding carboxylic acids is 3. The highest BCUT2D eigenvalue weighted by molar-refractivity contribution is 6.00. The van der Waals surface area contributed by atoms with Crippen molar-refractivity contribution in [3.63, 3.8) is 0 Å². The molecule has 0 aromatic rings. The van der Waals surface area contributed by atoms with Crippen molar-refractivity contribution < 1.29 is 49.0 Å². The Bertz CT molecular complexity index is 1210. The van der Waals surface area contributed by atoms with Gasteiger partial charge in [-0.25, -0.2) is 4.79 Å². The highest BCUT2D eigenvalue weighted by Gasteiger charge is 2.63. The van der Waals surface area contributed by atoms with E-state index in [4.69, 9.17) is 14.2 Å². The summed E-state index contributed by atoms with van der Waals surface area (Å²) in [7, 11) is 1.16. The molecule has 0 radical (unpaired) electrons. The summed E-state index contributed by atoms with van der Waals surface area (Å²) in [4.78, 5) is 39.3. The number of fused-ring (bicyclic) bond motifs is 5. The van der Waals surface area contributed by atoms with Crippen molar-refractivity contribution >= 4 is 17.5 Å². The normalized spacial score (nSPS) is 43.8. The van der Waals surface area contributed by atoms with Gasteiger partial charge in [0, 0.05) is 23.7 Å². The van der Waals surface area contributed by atoms with Crippen LogP contribution in [0.3, 0.4) is 0 Å². The van der Waals surface area contributed by atoms with Gasteiger partial charge in [-0.2, -0.15) is 0 Å². The zero-order chi connectivity index (χ0) is 33.9. The van der Waals surface area contributed by atoms with Gasteiger partial charge in [0.15, 0.2) is 18.2 Å². The molecule has 1 saturated heterocycles. The second-order valence-electron chi connectivity index (χ2n) is 15.9. The molecule has 1 heterocycles. The molecular formula is C36H56O10.